The first-order chi connectivity index (χ1) is 16.6. The average molecular weight is 455 g/mol. The normalized spacial score (nSPS) is 13.8. The number of carbonyl (C=O) groups excluding carboxylic acids is 1. The highest BCUT2D eigenvalue weighted by Crippen LogP contribution is 2.27. The van der Waals surface area contributed by atoms with E-state index in [0.29, 0.717) is 12.1 Å². The highest BCUT2D eigenvalue weighted by Gasteiger charge is 2.20. The number of hydrogen-bond acceptors (Lipinski definition) is 4. The van der Waals surface area contributed by atoms with Crippen molar-refractivity contribution in [2.75, 3.05) is 36.0 Å². The van der Waals surface area contributed by atoms with E-state index in [1.54, 1.807) is 0 Å². The summed E-state index contributed by atoms with van der Waals surface area (Å²) in [6, 6.07) is 22.5. The number of fused-ring (bicyclic) bond motifs is 1. The highest BCUT2D eigenvalue weighted by molar-refractivity contribution is 6.01. The summed E-state index contributed by atoms with van der Waals surface area (Å²) in [5.74, 6) is 0.574. The molecule has 1 N–H and O–H groups in total. The van der Waals surface area contributed by atoms with Gasteiger partial charge in [-0.2, -0.15) is 0 Å². The number of nitrogens with zero attached hydrogens (tertiary/aromatic N) is 3. The molecule has 1 aromatic heterocycles. The van der Waals surface area contributed by atoms with Gasteiger partial charge in [0.1, 0.15) is 11.6 Å². The van der Waals surface area contributed by atoms with Crippen molar-refractivity contribution in [1.29, 1.82) is 0 Å². The van der Waals surface area contributed by atoms with Crippen LogP contribution in [0.25, 0.3) is 10.8 Å². The molecule has 0 bridgehead atoms. The molecule has 34 heavy (non-hydrogen) atoms. The van der Waals surface area contributed by atoms with Crippen LogP contribution in [0.15, 0.2) is 79.0 Å². The topological polar surface area (TPSA) is 48.5 Å². The summed E-state index contributed by atoms with van der Waals surface area (Å²) in [6.07, 6.45) is 1.82. The Labute approximate surface area is 198 Å². The Morgan fingerprint density at radius 1 is 0.941 bits per heavy atom. The number of halogens is 1. The molecule has 0 unspecified atom stereocenters. The van der Waals surface area contributed by atoms with Crippen LogP contribution in [-0.4, -0.2) is 37.1 Å². The number of anilines is 2. The Bertz CT molecular complexity index is 1310. The van der Waals surface area contributed by atoms with Crippen molar-refractivity contribution in [1.82, 2.24) is 10.3 Å². The maximum atomic E-state index is 13.3. The third-order valence-corrected chi connectivity index (χ3v) is 6.31. The van der Waals surface area contributed by atoms with Gasteiger partial charge in [0.2, 0.25) is 0 Å². The summed E-state index contributed by atoms with van der Waals surface area (Å²) in [7, 11) is 0. The summed E-state index contributed by atoms with van der Waals surface area (Å²) in [5.41, 5.74) is 3.90. The van der Waals surface area contributed by atoms with E-state index in [0.717, 1.165) is 54.0 Å². The van der Waals surface area contributed by atoms with Crippen LogP contribution in [0, 0.1) is 12.7 Å². The number of amides is 1. The van der Waals surface area contributed by atoms with Gasteiger partial charge in [-0.05, 0) is 60.3 Å². The van der Waals surface area contributed by atoms with Crippen LogP contribution in [0.1, 0.15) is 21.5 Å². The summed E-state index contributed by atoms with van der Waals surface area (Å²) in [4.78, 5) is 22.1. The number of rotatable bonds is 5. The Kier molecular flexibility index (Phi) is 6.12. The van der Waals surface area contributed by atoms with Crippen LogP contribution in [-0.2, 0) is 6.54 Å². The van der Waals surface area contributed by atoms with Crippen molar-refractivity contribution >= 4 is 28.2 Å². The van der Waals surface area contributed by atoms with Crippen molar-refractivity contribution < 1.29 is 9.18 Å². The van der Waals surface area contributed by atoms with Gasteiger partial charge in [0, 0.05) is 55.6 Å². The first-order valence-electron chi connectivity index (χ1n) is 11.5. The molecule has 0 aliphatic carbocycles. The molecule has 0 atom stereocenters. The van der Waals surface area contributed by atoms with Crippen LogP contribution in [0.2, 0.25) is 0 Å². The van der Waals surface area contributed by atoms with Gasteiger partial charge >= 0.3 is 0 Å². The van der Waals surface area contributed by atoms with Crippen LogP contribution in [0.3, 0.4) is 0 Å². The summed E-state index contributed by atoms with van der Waals surface area (Å²) in [5, 5.41) is 5.06. The molecule has 1 aliphatic heterocycles. The molecule has 1 amide bonds. The van der Waals surface area contributed by atoms with Crippen LogP contribution in [0.5, 0.6) is 0 Å². The van der Waals surface area contributed by atoms with Crippen LogP contribution in [0.4, 0.5) is 15.9 Å². The second-order valence-electron chi connectivity index (χ2n) is 8.69. The minimum Gasteiger partial charge on any atom is -0.368 e. The monoisotopic (exact) mass is 454 g/mol. The van der Waals surface area contributed by atoms with Gasteiger partial charge < -0.3 is 15.1 Å². The van der Waals surface area contributed by atoms with Gasteiger partial charge in [-0.15, -0.1) is 0 Å². The largest absolute Gasteiger partial charge is 0.368 e. The smallest absolute Gasteiger partial charge is 0.251 e. The zero-order chi connectivity index (χ0) is 23.5. The maximum Gasteiger partial charge on any atom is 0.251 e. The fourth-order valence-electron chi connectivity index (χ4n) is 4.48. The lowest BCUT2D eigenvalue weighted by Crippen LogP contribution is -2.46. The second kappa shape index (κ2) is 9.51. The van der Waals surface area contributed by atoms with Gasteiger partial charge in [-0.1, -0.05) is 35.9 Å². The van der Waals surface area contributed by atoms with E-state index >= 15 is 0 Å². The molecule has 3 aromatic carbocycles. The number of pyridine rings is 1. The Morgan fingerprint density at radius 2 is 1.71 bits per heavy atom. The minimum absolute atomic E-state index is 0.0978. The lowest BCUT2D eigenvalue weighted by atomic mass is 10.1. The van der Waals surface area contributed by atoms with Crippen molar-refractivity contribution in [3.05, 3.63) is 102 Å². The zero-order valence-corrected chi connectivity index (χ0v) is 19.2. The molecule has 1 saturated heterocycles. The number of benzene rings is 3. The Morgan fingerprint density at radius 3 is 2.47 bits per heavy atom. The SMILES string of the molecule is Cc1cccc(CNC(=O)c2ccc3ccnc(N4CCN(c5ccc(F)cc5)CC4)c3c2)c1. The molecule has 0 radical (unpaired) electrons. The Balaban J connectivity index is 1.32. The first kappa shape index (κ1) is 21.9. The first-order valence-corrected chi connectivity index (χ1v) is 11.5. The third kappa shape index (κ3) is 4.71. The molecule has 0 saturated carbocycles. The third-order valence-electron chi connectivity index (χ3n) is 6.31. The van der Waals surface area contributed by atoms with E-state index < -0.39 is 0 Å². The number of carbonyl (C=O) groups is 1. The molecule has 6 heteroatoms. The molecular weight excluding hydrogens is 427 g/mol. The van der Waals surface area contributed by atoms with Crippen LogP contribution < -0.4 is 15.1 Å². The Hall–Kier alpha value is -3.93. The molecule has 172 valence electrons. The van der Waals surface area contributed by atoms with Crippen molar-refractivity contribution in [3.63, 3.8) is 0 Å². The molecule has 1 aliphatic rings. The molecule has 1 fully saturated rings. The summed E-state index contributed by atoms with van der Waals surface area (Å²) in [6.45, 7) is 5.77. The van der Waals surface area contributed by atoms with Gasteiger partial charge in [0.05, 0.1) is 0 Å². The predicted octanol–water partition coefficient (Wildman–Crippen LogP) is 4.94. The van der Waals surface area contributed by atoms with E-state index in [1.165, 1.54) is 17.7 Å². The van der Waals surface area contributed by atoms with Crippen molar-refractivity contribution in [2.45, 2.75) is 13.5 Å². The second-order valence-corrected chi connectivity index (χ2v) is 8.69. The highest BCUT2D eigenvalue weighted by atomic mass is 19.1. The number of hydrogen-bond donors (Lipinski definition) is 1. The van der Waals surface area contributed by atoms with Gasteiger partial charge in [0.25, 0.3) is 5.91 Å². The average Bonchev–Trinajstić information content (AvgIpc) is 2.87. The number of nitrogens with one attached hydrogen (secondary N) is 1. The standard InChI is InChI=1S/C28H27FN4O/c1-20-3-2-4-21(17-20)19-31-28(34)23-6-5-22-11-12-30-27(26(22)18-23)33-15-13-32(14-16-33)25-9-7-24(29)8-10-25/h2-12,17-18H,13-16,19H2,1H3,(H,31,34). The molecule has 5 rings (SSSR count). The molecule has 2 heterocycles. The van der Waals surface area contributed by atoms with E-state index in [2.05, 4.69) is 26.2 Å². The number of piperazine rings is 1. The van der Waals surface area contributed by atoms with Gasteiger partial charge in [-0.25, -0.2) is 9.37 Å². The number of aryl methyl sites for hydroxylation is 1. The van der Waals surface area contributed by atoms with E-state index in [4.69, 9.17) is 0 Å². The fraction of sp³-hybridized carbons (Fsp3) is 0.214. The number of aromatic nitrogens is 1. The molecule has 5 nitrogen and oxygen atoms in total. The molecule has 4 aromatic rings. The quantitative estimate of drug-likeness (QED) is 0.464. The van der Waals surface area contributed by atoms with E-state index in [-0.39, 0.29) is 11.7 Å². The minimum atomic E-state index is -0.221. The summed E-state index contributed by atoms with van der Waals surface area (Å²) >= 11 is 0. The van der Waals surface area contributed by atoms with E-state index in [1.807, 2.05) is 67.7 Å². The molecule has 0 spiro atoms. The lowest BCUT2D eigenvalue weighted by molar-refractivity contribution is 0.0951. The lowest BCUT2D eigenvalue weighted by Gasteiger charge is -2.37. The summed E-state index contributed by atoms with van der Waals surface area (Å²) < 4.78 is 13.3. The fourth-order valence-corrected chi connectivity index (χ4v) is 4.48. The van der Waals surface area contributed by atoms with Crippen LogP contribution >= 0.6 is 0 Å². The van der Waals surface area contributed by atoms with E-state index in [9.17, 15) is 9.18 Å². The zero-order valence-electron chi connectivity index (χ0n) is 19.2. The van der Waals surface area contributed by atoms with Gasteiger partial charge in [0.15, 0.2) is 0 Å². The molecular formula is C28H27FN4O. The van der Waals surface area contributed by atoms with Crippen molar-refractivity contribution in [3.8, 4) is 0 Å². The van der Waals surface area contributed by atoms with Gasteiger partial charge in [-0.3, -0.25) is 4.79 Å². The maximum absolute atomic E-state index is 13.3. The predicted molar refractivity (Wildman–Crippen MR) is 135 cm³/mol. The van der Waals surface area contributed by atoms with Crippen molar-refractivity contribution in [2.24, 2.45) is 0 Å².